The molecule has 0 atom stereocenters. The van der Waals surface area contributed by atoms with Crippen molar-refractivity contribution >= 4 is 46.2 Å². The van der Waals surface area contributed by atoms with Crippen molar-refractivity contribution in [1.29, 1.82) is 0 Å². The highest BCUT2D eigenvalue weighted by Gasteiger charge is 2.05. The molecule has 2 aromatic heterocycles. The Balaban J connectivity index is 0.000000420. The van der Waals surface area contributed by atoms with Crippen LogP contribution >= 0.6 is 46.2 Å². The monoisotopic (exact) mass is 662 g/mol. The van der Waals surface area contributed by atoms with Crippen LogP contribution in [0.3, 0.4) is 0 Å². The molecule has 236 valence electrons. The molecule has 0 aromatic carbocycles. The van der Waals surface area contributed by atoms with Gasteiger partial charge < -0.3 is 31.1 Å². The Bertz CT molecular complexity index is 1040. The number of aromatic nitrogens is 2. The van der Waals surface area contributed by atoms with Crippen molar-refractivity contribution in [2.75, 3.05) is 66.9 Å². The van der Waals surface area contributed by atoms with Crippen molar-refractivity contribution in [3.05, 3.63) is 76.4 Å². The zero-order chi connectivity index (χ0) is 31.3. The molecular weight excluding hydrogens is 621 g/mol. The fraction of sp³-hybridized carbons (Fsp3) is 0.583. The van der Waals surface area contributed by atoms with Gasteiger partial charge in [0.15, 0.2) is 11.6 Å². The fourth-order valence-corrected chi connectivity index (χ4v) is 6.52. The molecule has 0 aliphatic heterocycles. The van der Waals surface area contributed by atoms with Crippen LogP contribution < -0.4 is 21.3 Å². The average Bonchev–Trinajstić information content (AvgIpc) is 3.55. The fourth-order valence-electron chi connectivity index (χ4n) is 2.99. The lowest BCUT2D eigenvalue weighted by Gasteiger charge is -2.07. The molecule has 2 rings (SSSR count). The molecule has 14 nitrogen and oxygen atoms in total. The minimum Gasteiger partial charge on any atom is -0.370 e. The van der Waals surface area contributed by atoms with E-state index in [2.05, 4.69) is 51.8 Å². The number of hydrogen-bond acceptors (Lipinski definition) is 16. The molecule has 42 heavy (non-hydrogen) atoms. The predicted molar refractivity (Wildman–Crippen MR) is 176 cm³/mol. The molecule has 4 N–H and O–H groups in total. The highest BCUT2D eigenvalue weighted by Crippen LogP contribution is 2.17. The van der Waals surface area contributed by atoms with Gasteiger partial charge in [-0.1, -0.05) is 0 Å². The van der Waals surface area contributed by atoms with E-state index in [1.54, 1.807) is 60.3 Å². The quantitative estimate of drug-likeness (QED) is 0.0928. The SMILES string of the molecule is CN/C(=C\[N+](=O)[O-])NCCSCc1csc(CN(C)C)n1.CN/C(=C\[N+](=O)[O-])NCCSCc1csc(CN(C)C)n1. The van der Waals surface area contributed by atoms with Gasteiger partial charge in [-0.15, -0.1) is 22.7 Å². The molecule has 0 saturated heterocycles. The molecule has 0 spiro atoms. The first-order chi connectivity index (χ1) is 20.0. The van der Waals surface area contributed by atoms with E-state index >= 15 is 0 Å². The van der Waals surface area contributed by atoms with Gasteiger partial charge in [-0.05, 0) is 28.2 Å². The van der Waals surface area contributed by atoms with E-state index in [0.717, 1.165) is 69.9 Å². The first-order valence-corrected chi connectivity index (χ1v) is 16.9. The van der Waals surface area contributed by atoms with Crippen molar-refractivity contribution in [3.8, 4) is 0 Å². The standard InChI is InChI=1S/2C12H21N5O2S2/c2*1-13-11(6-17(18)19)14-4-5-20-8-10-9-21-12(15-10)7-16(2)3/h2*6,9,13-14H,4-5,7-8H2,1-3H3/b2*11-6+. The molecule has 0 aliphatic carbocycles. The van der Waals surface area contributed by atoms with Crippen LogP contribution in [-0.4, -0.2) is 96.5 Å². The summed E-state index contributed by atoms with van der Waals surface area (Å²) in [5.74, 6) is 4.28. The van der Waals surface area contributed by atoms with Crippen LogP contribution in [0.1, 0.15) is 21.4 Å². The molecule has 18 heteroatoms. The van der Waals surface area contributed by atoms with Crippen molar-refractivity contribution in [2.45, 2.75) is 24.6 Å². The summed E-state index contributed by atoms with van der Waals surface area (Å²) in [6.07, 6.45) is 1.86. The molecule has 0 radical (unpaired) electrons. The number of nitrogens with one attached hydrogen (secondary N) is 4. The number of rotatable bonds is 20. The lowest BCUT2D eigenvalue weighted by Crippen LogP contribution is -2.26. The third-order valence-corrected chi connectivity index (χ3v) is 8.48. The van der Waals surface area contributed by atoms with Crippen LogP contribution in [0.2, 0.25) is 0 Å². The molecule has 0 amide bonds. The van der Waals surface area contributed by atoms with Crippen LogP contribution in [0.5, 0.6) is 0 Å². The third-order valence-electron chi connectivity index (χ3n) is 4.73. The van der Waals surface area contributed by atoms with Gasteiger partial charge in [0.25, 0.3) is 12.4 Å². The third kappa shape index (κ3) is 18.7. The van der Waals surface area contributed by atoms with E-state index in [0.29, 0.717) is 24.7 Å². The van der Waals surface area contributed by atoms with E-state index in [1.165, 1.54) is 0 Å². The lowest BCUT2D eigenvalue weighted by atomic mass is 10.5. The molecule has 2 heterocycles. The van der Waals surface area contributed by atoms with Gasteiger partial charge in [-0.3, -0.25) is 20.2 Å². The first kappa shape index (κ1) is 37.4. The van der Waals surface area contributed by atoms with E-state index in [4.69, 9.17) is 0 Å². The van der Waals surface area contributed by atoms with Gasteiger partial charge in [0.1, 0.15) is 10.0 Å². The second-order valence-electron chi connectivity index (χ2n) is 9.06. The Kier molecular flexibility index (Phi) is 19.6. The number of hydrogen-bond donors (Lipinski definition) is 4. The molecular formula is C24H42N10O4S4. The normalized spacial score (nSPS) is 11.7. The Hall–Kier alpha value is -2.64. The highest BCUT2D eigenvalue weighted by molar-refractivity contribution is 7.98. The highest BCUT2D eigenvalue weighted by atomic mass is 32.2. The lowest BCUT2D eigenvalue weighted by molar-refractivity contribution is -0.404. The maximum Gasteiger partial charge on any atom is 0.274 e. The molecule has 0 aliphatic rings. The maximum atomic E-state index is 10.4. The topological polar surface area (TPSA) is 167 Å². The summed E-state index contributed by atoms with van der Waals surface area (Å²) in [6, 6.07) is 0. The summed E-state index contributed by atoms with van der Waals surface area (Å²) in [4.78, 5) is 33.1. The van der Waals surface area contributed by atoms with Crippen LogP contribution in [0, 0.1) is 20.2 Å². The summed E-state index contributed by atoms with van der Waals surface area (Å²) in [7, 11) is 11.4. The first-order valence-electron chi connectivity index (χ1n) is 12.9. The van der Waals surface area contributed by atoms with E-state index in [9.17, 15) is 20.2 Å². The molecule has 2 aromatic rings. The summed E-state index contributed by atoms with van der Waals surface area (Å²) in [6.45, 7) is 3.07. The van der Waals surface area contributed by atoms with E-state index < -0.39 is 9.85 Å². The summed E-state index contributed by atoms with van der Waals surface area (Å²) in [5.41, 5.74) is 2.19. The summed E-state index contributed by atoms with van der Waals surface area (Å²) in [5, 5.41) is 38.6. The summed E-state index contributed by atoms with van der Waals surface area (Å²) < 4.78 is 0. The number of thiazole rings is 2. The zero-order valence-electron chi connectivity index (χ0n) is 24.9. The average molecular weight is 663 g/mol. The van der Waals surface area contributed by atoms with Crippen molar-refractivity contribution in [1.82, 2.24) is 41.0 Å². The predicted octanol–water partition coefficient (Wildman–Crippen LogP) is 2.65. The van der Waals surface area contributed by atoms with Crippen LogP contribution in [0.15, 0.2) is 34.8 Å². The Morgan fingerprint density at radius 1 is 0.810 bits per heavy atom. The van der Waals surface area contributed by atoms with Gasteiger partial charge in [0.2, 0.25) is 0 Å². The smallest absolute Gasteiger partial charge is 0.274 e. The minimum atomic E-state index is -0.479. The molecule has 0 saturated carbocycles. The van der Waals surface area contributed by atoms with Gasteiger partial charge in [-0.25, -0.2) is 9.97 Å². The van der Waals surface area contributed by atoms with Gasteiger partial charge in [0, 0.05) is 74.0 Å². The van der Waals surface area contributed by atoms with Crippen LogP contribution in [0.25, 0.3) is 0 Å². The van der Waals surface area contributed by atoms with Gasteiger partial charge in [0.05, 0.1) is 21.2 Å². The zero-order valence-corrected chi connectivity index (χ0v) is 28.2. The molecule has 0 bridgehead atoms. The van der Waals surface area contributed by atoms with E-state index in [1.807, 2.05) is 28.2 Å². The van der Waals surface area contributed by atoms with Gasteiger partial charge >= 0.3 is 0 Å². The Labute approximate surface area is 264 Å². The number of thioether (sulfide) groups is 2. The van der Waals surface area contributed by atoms with Crippen molar-refractivity contribution in [3.63, 3.8) is 0 Å². The summed E-state index contributed by atoms with van der Waals surface area (Å²) >= 11 is 6.87. The number of nitro groups is 2. The van der Waals surface area contributed by atoms with E-state index in [-0.39, 0.29) is 0 Å². The van der Waals surface area contributed by atoms with Gasteiger partial charge in [-0.2, -0.15) is 23.5 Å². The maximum absolute atomic E-state index is 10.4. The molecule has 0 fully saturated rings. The second kappa shape index (κ2) is 22.0. The second-order valence-corrected chi connectivity index (χ2v) is 13.2. The van der Waals surface area contributed by atoms with Crippen molar-refractivity contribution in [2.24, 2.45) is 0 Å². The van der Waals surface area contributed by atoms with Crippen LogP contribution in [0.4, 0.5) is 0 Å². The minimum absolute atomic E-state index is 0.419. The van der Waals surface area contributed by atoms with Crippen LogP contribution in [-0.2, 0) is 24.6 Å². The largest absolute Gasteiger partial charge is 0.370 e. The number of nitrogens with zero attached hydrogens (tertiary/aromatic N) is 6. The molecule has 0 unspecified atom stereocenters. The Morgan fingerprint density at radius 3 is 1.50 bits per heavy atom. The Morgan fingerprint density at radius 2 is 1.19 bits per heavy atom. The van der Waals surface area contributed by atoms with Crippen molar-refractivity contribution < 1.29 is 9.85 Å².